The first-order valence-electron chi connectivity index (χ1n) is 10.00. The number of anilines is 1. The van der Waals surface area contributed by atoms with Gasteiger partial charge in [-0.1, -0.05) is 17.8 Å². The summed E-state index contributed by atoms with van der Waals surface area (Å²) in [7, 11) is 3.07. The van der Waals surface area contributed by atoms with Gasteiger partial charge in [0.15, 0.2) is 5.82 Å². The van der Waals surface area contributed by atoms with Crippen molar-refractivity contribution >= 4 is 17.2 Å². The highest BCUT2D eigenvalue weighted by molar-refractivity contribution is 5.93. The number of hydrogen-bond donors (Lipinski definition) is 1. The van der Waals surface area contributed by atoms with Gasteiger partial charge in [0, 0.05) is 42.4 Å². The number of nitrogens with two attached hydrogens (primary N) is 1. The molecule has 4 rings (SSSR count). The SMILES string of the molecule is CC#CC(=O)N1CCC(c2cc(C#Cc3cc(OC)nc(OC)c3)c3c(N)ncnn23)C1. The zero-order valence-electron chi connectivity index (χ0n) is 18.0. The topological polar surface area (TPSA) is 108 Å². The minimum Gasteiger partial charge on any atom is -0.481 e. The van der Waals surface area contributed by atoms with Crippen LogP contribution in [0.5, 0.6) is 11.8 Å². The van der Waals surface area contributed by atoms with Crippen molar-refractivity contribution in [2.75, 3.05) is 33.0 Å². The molecule has 1 amide bonds. The number of nitrogen functional groups attached to an aromatic ring is 1. The summed E-state index contributed by atoms with van der Waals surface area (Å²) in [6.07, 6.45) is 2.22. The summed E-state index contributed by atoms with van der Waals surface area (Å²) in [4.78, 5) is 22.2. The number of rotatable bonds is 3. The number of pyridine rings is 1. The van der Waals surface area contributed by atoms with Crippen molar-refractivity contribution in [2.45, 2.75) is 19.3 Å². The fourth-order valence-electron chi connectivity index (χ4n) is 3.75. The Bertz CT molecular complexity index is 1290. The van der Waals surface area contributed by atoms with Crippen LogP contribution >= 0.6 is 0 Å². The third-order valence-electron chi connectivity index (χ3n) is 5.27. The highest BCUT2D eigenvalue weighted by Crippen LogP contribution is 2.31. The molecule has 4 heterocycles. The Kier molecular flexibility index (Phi) is 5.82. The molecule has 9 heteroatoms. The average Bonchev–Trinajstić information content (AvgIpc) is 3.43. The van der Waals surface area contributed by atoms with Gasteiger partial charge in [0.1, 0.15) is 11.8 Å². The number of likely N-dealkylation sites (tertiary alicyclic amines) is 1. The molecule has 3 aromatic heterocycles. The molecule has 32 heavy (non-hydrogen) atoms. The number of aromatic nitrogens is 4. The van der Waals surface area contributed by atoms with Gasteiger partial charge >= 0.3 is 0 Å². The number of ether oxygens (including phenoxy) is 2. The first-order valence-corrected chi connectivity index (χ1v) is 10.00. The van der Waals surface area contributed by atoms with Crippen molar-refractivity contribution in [1.29, 1.82) is 0 Å². The first-order chi connectivity index (χ1) is 15.5. The molecule has 9 nitrogen and oxygen atoms in total. The number of carbonyl (C=O) groups is 1. The second-order valence-electron chi connectivity index (χ2n) is 7.19. The summed E-state index contributed by atoms with van der Waals surface area (Å²) in [5.41, 5.74) is 9.13. The van der Waals surface area contributed by atoms with E-state index < -0.39 is 0 Å². The Hall–Kier alpha value is -4.24. The molecule has 1 atom stereocenters. The maximum Gasteiger partial charge on any atom is 0.298 e. The Balaban J connectivity index is 1.73. The number of hydrogen-bond acceptors (Lipinski definition) is 7. The molecule has 1 saturated heterocycles. The monoisotopic (exact) mass is 430 g/mol. The minimum atomic E-state index is -0.161. The van der Waals surface area contributed by atoms with Gasteiger partial charge in [-0.05, 0) is 25.3 Å². The normalized spacial score (nSPS) is 15.0. The van der Waals surface area contributed by atoms with Crippen LogP contribution in [0.1, 0.15) is 36.1 Å². The lowest BCUT2D eigenvalue weighted by Crippen LogP contribution is -2.27. The summed E-state index contributed by atoms with van der Waals surface area (Å²) in [5, 5.41) is 4.40. The lowest BCUT2D eigenvalue weighted by Gasteiger charge is -2.13. The van der Waals surface area contributed by atoms with Crippen molar-refractivity contribution in [3.63, 3.8) is 0 Å². The smallest absolute Gasteiger partial charge is 0.298 e. The van der Waals surface area contributed by atoms with Crippen molar-refractivity contribution in [3.8, 4) is 35.4 Å². The van der Waals surface area contributed by atoms with Gasteiger partial charge in [0.2, 0.25) is 11.8 Å². The van der Waals surface area contributed by atoms with E-state index in [9.17, 15) is 4.79 Å². The third-order valence-corrected chi connectivity index (χ3v) is 5.27. The van der Waals surface area contributed by atoms with Gasteiger partial charge in [-0.3, -0.25) is 4.79 Å². The molecule has 2 N–H and O–H groups in total. The van der Waals surface area contributed by atoms with Crippen LogP contribution < -0.4 is 15.2 Å². The van der Waals surface area contributed by atoms with Crippen LogP contribution in [0.15, 0.2) is 24.5 Å². The number of methoxy groups -OCH3 is 2. The molecule has 1 unspecified atom stereocenters. The maximum absolute atomic E-state index is 12.2. The Morgan fingerprint density at radius 1 is 1.19 bits per heavy atom. The zero-order chi connectivity index (χ0) is 22.7. The summed E-state index contributed by atoms with van der Waals surface area (Å²) in [6.45, 7) is 2.86. The standard InChI is InChI=1S/C23H22N6O3/c1-4-5-21(30)28-9-8-17(13-28)18-12-16(22-23(24)25-14-26-29(18)22)7-6-15-10-19(31-2)27-20(11-15)32-3/h10-12,14,17H,8-9,13H2,1-3H3,(H2,24,25,26). The van der Waals surface area contributed by atoms with Gasteiger partial charge in [-0.15, -0.1) is 0 Å². The Morgan fingerprint density at radius 3 is 2.62 bits per heavy atom. The molecular formula is C23H22N6O3. The van der Waals surface area contributed by atoms with E-state index in [1.807, 2.05) is 6.07 Å². The summed E-state index contributed by atoms with van der Waals surface area (Å²) in [6, 6.07) is 5.42. The fourth-order valence-corrected chi connectivity index (χ4v) is 3.75. The Morgan fingerprint density at radius 2 is 1.94 bits per heavy atom. The van der Waals surface area contributed by atoms with E-state index in [1.165, 1.54) is 20.5 Å². The van der Waals surface area contributed by atoms with Crippen LogP contribution in [0.4, 0.5) is 5.82 Å². The zero-order valence-corrected chi connectivity index (χ0v) is 18.0. The number of carbonyl (C=O) groups excluding carboxylic acids is 1. The predicted octanol–water partition coefficient (Wildman–Crippen LogP) is 1.46. The molecule has 3 aromatic rings. The van der Waals surface area contributed by atoms with Crippen LogP contribution in [0.3, 0.4) is 0 Å². The van der Waals surface area contributed by atoms with Crippen LogP contribution in [0.2, 0.25) is 0 Å². The fraction of sp³-hybridized carbons (Fsp3) is 0.304. The van der Waals surface area contributed by atoms with Crippen LogP contribution in [-0.2, 0) is 4.79 Å². The molecule has 0 aromatic carbocycles. The highest BCUT2D eigenvalue weighted by atomic mass is 16.5. The second kappa shape index (κ2) is 8.86. The van der Waals surface area contributed by atoms with Gasteiger partial charge in [-0.25, -0.2) is 9.50 Å². The van der Waals surface area contributed by atoms with Crippen LogP contribution in [-0.4, -0.2) is 57.7 Å². The largest absolute Gasteiger partial charge is 0.481 e. The lowest BCUT2D eigenvalue weighted by molar-refractivity contribution is -0.124. The molecular weight excluding hydrogens is 408 g/mol. The van der Waals surface area contributed by atoms with E-state index in [0.29, 0.717) is 47.3 Å². The molecule has 0 saturated carbocycles. The van der Waals surface area contributed by atoms with Crippen molar-refractivity contribution in [1.82, 2.24) is 24.5 Å². The van der Waals surface area contributed by atoms with E-state index in [1.54, 1.807) is 28.5 Å². The number of fused-ring (bicyclic) bond motifs is 1. The first kappa shape index (κ1) is 21.0. The lowest BCUT2D eigenvalue weighted by atomic mass is 10.0. The van der Waals surface area contributed by atoms with Gasteiger partial charge < -0.3 is 20.1 Å². The molecule has 0 radical (unpaired) electrons. The van der Waals surface area contributed by atoms with E-state index in [4.69, 9.17) is 15.2 Å². The predicted molar refractivity (Wildman–Crippen MR) is 118 cm³/mol. The molecule has 0 spiro atoms. The minimum absolute atomic E-state index is 0.0936. The van der Waals surface area contributed by atoms with Crippen molar-refractivity contribution in [3.05, 3.63) is 41.3 Å². The summed E-state index contributed by atoms with van der Waals surface area (Å²) in [5.74, 6) is 12.6. The van der Waals surface area contributed by atoms with E-state index in [2.05, 4.69) is 38.7 Å². The van der Waals surface area contributed by atoms with Gasteiger partial charge in [-0.2, -0.15) is 10.1 Å². The third kappa shape index (κ3) is 4.01. The number of amides is 1. The summed E-state index contributed by atoms with van der Waals surface area (Å²) >= 11 is 0. The van der Waals surface area contributed by atoms with E-state index in [-0.39, 0.29) is 11.8 Å². The molecule has 0 bridgehead atoms. The second-order valence-corrected chi connectivity index (χ2v) is 7.19. The van der Waals surface area contributed by atoms with Crippen LogP contribution in [0, 0.1) is 23.7 Å². The highest BCUT2D eigenvalue weighted by Gasteiger charge is 2.29. The summed E-state index contributed by atoms with van der Waals surface area (Å²) < 4.78 is 12.2. The van der Waals surface area contributed by atoms with Gasteiger partial charge in [0.25, 0.3) is 5.91 Å². The maximum atomic E-state index is 12.2. The quantitative estimate of drug-likeness (QED) is 0.627. The Labute approximate surface area is 185 Å². The molecule has 1 fully saturated rings. The van der Waals surface area contributed by atoms with E-state index >= 15 is 0 Å². The van der Waals surface area contributed by atoms with Crippen molar-refractivity contribution < 1.29 is 14.3 Å². The molecule has 1 aliphatic heterocycles. The van der Waals surface area contributed by atoms with E-state index in [0.717, 1.165) is 12.1 Å². The van der Waals surface area contributed by atoms with Crippen molar-refractivity contribution in [2.24, 2.45) is 0 Å². The molecule has 1 aliphatic rings. The van der Waals surface area contributed by atoms with Gasteiger partial charge in [0.05, 0.1) is 19.8 Å². The van der Waals surface area contributed by atoms with Crippen LogP contribution in [0.25, 0.3) is 5.52 Å². The molecule has 162 valence electrons. The average molecular weight is 430 g/mol. The number of nitrogens with zero attached hydrogens (tertiary/aromatic N) is 5. The molecule has 0 aliphatic carbocycles.